The van der Waals surface area contributed by atoms with Crippen molar-refractivity contribution in [3.8, 4) is 0 Å². The Morgan fingerprint density at radius 2 is 2.45 bits per heavy atom. The lowest BCUT2D eigenvalue weighted by molar-refractivity contribution is 0.177. The average Bonchev–Trinajstić information content (AvgIpc) is 1.98. The SMILES string of the molecule is COCc1ncc(F)c(N)n1. The van der Waals surface area contributed by atoms with Gasteiger partial charge in [0.05, 0.1) is 6.20 Å². The molecule has 1 rings (SSSR count). The number of ether oxygens (including phenoxy) is 1. The molecule has 0 saturated carbocycles. The van der Waals surface area contributed by atoms with Crippen LogP contribution >= 0.6 is 0 Å². The highest BCUT2D eigenvalue weighted by atomic mass is 19.1. The second-order valence-corrected chi connectivity index (χ2v) is 1.95. The first kappa shape index (κ1) is 7.87. The minimum atomic E-state index is -0.607. The van der Waals surface area contributed by atoms with Gasteiger partial charge >= 0.3 is 0 Å². The molecule has 5 heteroatoms. The number of nitrogen functional groups attached to an aromatic ring is 1. The molecule has 0 spiro atoms. The third-order valence-corrected chi connectivity index (χ3v) is 1.09. The van der Waals surface area contributed by atoms with E-state index >= 15 is 0 Å². The summed E-state index contributed by atoms with van der Waals surface area (Å²) in [5.41, 5.74) is 5.17. The van der Waals surface area contributed by atoms with Crippen LogP contribution in [0.15, 0.2) is 6.20 Å². The maximum absolute atomic E-state index is 12.4. The van der Waals surface area contributed by atoms with Gasteiger partial charge in [-0.3, -0.25) is 0 Å². The predicted molar refractivity (Wildman–Crippen MR) is 37.1 cm³/mol. The fourth-order valence-corrected chi connectivity index (χ4v) is 0.617. The highest BCUT2D eigenvalue weighted by molar-refractivity contribution is 5.27. The lowest BCUT2D eigenvalue weighted by Crippen LogP contribution is -2.02. The van der Waals surface area contributed by atoms with Crippen LogP contribution in [-0.4, -0.2) is 17.1 Å². The summed E-state index contributed by atoms with van der Waals surface area (Å²) in [6.07, 6.45) is 1.02. The molecule has 0 fully saturated rings. The van der Waals surface area contributed by atoms with E-state index in [-0.39, 0.29) is 12.4 Å². The molecule has 1 heterocycles. The highest BCUT2D eigenvalue weighted by Gasteiger charge is 2.01. The molecule has 0 aliphatic heterocycles. The van der Waals surface area contributed by atoms with Crippen LogP contribution in [-0.2, 0) is 11.3 Å². The summed E-state index contributed by atoms with van der Waals surface area (Å²) in [5.74, 6) is -0.372. The van der Waals surface area contributed by atoms with Crippen molar-refractivity contribution in [3.63, 3.8) is 0 Å². The number of anilines is 1. The molecule has 0 bridgehead atoms. The van der Waals surface area contributed by atoms with Gasteiger partial charge in [-0.25, -0.2) is 14.4 Å². The molecular formula is C6H8FN3O. The van der Waals surface area contributed by atoms with Gasteiger partial charge in [-0.1, -0.05) is 0 Å². The first-order chi connectivity index (χ1) is 5.24. The molecule has 0 unspecified atom stereocenters. The van der Waals surface area contributed by atoms with Crippen LogP contribution in [0.5, 0.6) is 0 Å². The van der Waals surface area contributed by atoms with E-state index in [1.165, 1.54) is 7.11 Å². The minimum absolute atomic E-state index is 0.146. The smallest absolute Gasteiger partial charge is 0.183 e. The van der Waals surface area contributed by atoms with Gasteiger partial charge in [0.25, 0.3) is 0 Å². The zero-order chi connectivity index (χ0) is 8.27. The van der Waals surface area contributed by atoms with Crippen molar-refractivity contribution < 1.29 is 9.13 Å². The van der Waals surface area contributed by atoms with Crippen LogP contribution in [0.1, 0.15) is 5.82 Å². The summed E-state index contributed by atoms with van der Waals surface area (Å²) in [5, 5.41) is 0. The number of rotatable bonds is 2. The normalized spacial score (nSPS) is 10.0. The van der Waals surface area contributed by atoms with Gasteiger partial charge in [0, 0.05) is 7.11 Å². The van der Waals surface area contributed by atoms with E-state index in [1.807, 2.05) is 0 Å². The quantitative estimate of drug-likeness (QED) is 0.672. The number of nitrogens with two attached hydrogens (primary N) is 1. The van der Waals surface area contributed by atoms with Crippen LogP contribution in [0.2, 0.25) is 0 Å². The van der Waals surface area contributed by atoms with Crippen molar-refractivity contribution in [3.05, 3.63) is 17.8 Å². The Morgan fingerprint density at radius 1 is 1.73 bits per heavy atom. The van der Waals surface area contributed by atoms with E-state index in [4.69, 9.17) is 10.5 Å². The number of halogens is 1. The first-order valence-corrected chi connectivity index (χ1v) is 3.00. The Morgan fingerprint density at radius 3 is 3.00 bits per heavy atom. The number of nitrogens with zero attached hydrogens (tertiary/aromatic N) is 2. The zero-order valence-corrected chi connectivity index (χ0v) is 6.04. The van der Waals surface area contributed by atoms with Gasteiger partial charge in [-0.2, -0.15) is 0 Å². The van der Waals surface area contributed by atoms with Gasteiger partial charge in [0.2, 0.25) is 0 Å². The summed E-state index contributed by atoms with van der Waals surface area (Å²) in [6.45, 7) is 0.241. The second kappa shape index (κ2) is 3.25. The number of aromatic nitrogens is 2. The average molecular weight is 157 g/mol. The maximum Gasteiger partial charge on any atom is 0.183 e. The third-order valence-electron chi connectivity index (χ3n) is 1.09. The van der Waals surface area contributed by atoms with Crippen LogP contribution < -0.4 is 5.73 Å². The summed E-state index contributed by atoms with van der Waals surface area (Å²) >= 11 is 0. The van der Waals surface area contributed by atoms with E-state index in [9.17, 15) is 4.39 Å². The van der Waals surface area contributed by atoms with Crippen molar-refractivity contribution in [2.75, 3.05) is 12.8 Å². The summed E-state index contributed by atoms with van der Waals surface area (Å²) in [6, 6.07) is 0. The molecular weight excluding hydrogens is 149 g/mol. The Kier molecular flexibility index (Phi) is 2.32. The predicted octanol–water partition coefficient (Wildman–Crippen LogP) is 0.344. The molecule has 1 aromatic heterocycles. The van der Waals surface area contributed by atoms with E-state index in [0.717, 1.165) is 6.20 Å². The van der Waals surface area contributed by atoms with E-state index in [2.05, 4.69) is 9.97 Å². The fourth-order valence-electron chi connectivity index (χ4n) is 0.617. The Bertz CT molecular complexity index is 254. The molecule has 2 N–H and O–H groups in total. The maximum atomic E-state index is 12.4. The molecule has 0 aliphatic rings. The van der Waals surface area contributed by atoms with Crippen LogP contribution in [0, 0.1) is 5.82 Å². The topological polar surface area (TPSA) is 61.0 Å². The van der Waals surface area contributed by atoms with Crippen LogP contribution in [0.25, 0.3) is 0 Å². The first-order valence-electron chi connectivity index (χ1n) is 3.00. The molecule has 0 aliphatic carbocycles. The lowest BCUT2D eigenvalue weighted by Gasteiger charge is -1.98. The number of hydrogen-bond donors (Lipinski definition) is 1. The molecule has 0 atom stereocenters. The van der Waals surface area contributed by atoms with Crippen LogP contribution in [0.4, 0.5) is 10.2 Å². The van der Waals surface area contributed by atoms with Gasteiger partial charge < -0.3 is 10.5 Å². The molecule has 60 valence electrons. The van der Waals surface area contributed by atoms with E-state index in [0.29, 0.717) is 5.82 Å². The van der Waals surface area contributed by atoms with E-state index < -0.39 is 5.82 Å². The number of hydrogen-bond acceptors (Lipinski definition) is 4. The summed E-state index contributed by atoms with van der Waals surface area (Å²) in [7, 11) is 1.50. The lowest BCUT2D eigenvalue weighted by atomic mass is 10.5. The van der Waals surface area contributed by atoms with Crippen molar-refractivity contribution >= 4 is 5.82 Å². The summed E-state index contributed by atoms with van der Waals surface area (Å²) in [4.78, 5) is 7.27. The monoisotopic (exact) mass is 157 g/mol. The molecule has 4 nitrogen and oxygen atoms in total. The highest BCUT2D eigenvalue weighted by Crippen LogP contribution is 2.04. The van der Waals surface area contributed by atoms with Crippen molar-refractivity contribution in [1.29, 1.82) is 0 Å². The molecule has 0 radical (unpaired) electrons. The third kappa shape index (κ3) is 1.84. The van der Waals surface area contributed by atoms with Gasteiger partial charge in [-0.05, 0) is 0 Å². The van der Waals surface area contributed by atoms with Gasteiger partial charge in [0.1, 0.15) is 6.61 Å². The van der Waals surface area contributed by atoms with Gasteiger partial charge in [-0.15, -0.1) is 0 Å². The molecule has 11 heavy (non-hydrogen) atoms. The van der Waals surface area contributed by atoms with Crippen molar-refractivity contribution in [2.45, 2.75) is 6.61 Å². The Hall–Kier alpha value is -1.23. The molecule has 0 aromatic carbocycles. The molecule has 0 amide bonds. The Balaban J connectivity index is 2.86. The largest absolute Gasteiger partial charge is 0.381 e. The standard InChI is InChI=1S/C6H8FN3O/c1-11-3-5-9-2-4(7)6(8)10-5/h2H,3H2,1H3,(H2,8,9,10). The minimum Gasteiger partial charge on any atom is -0.381 e. The zero-order valence-electron chi connectivity index (χ0n) is 6.04. The number of methoxy groups -OCH3 is 1. The van der Waals surface area contributed by atoms with Crippen molar-refractivity contribution in [2.24, 2.45) is 0 Å². The second-order valence-electron chi connectivity index (χ2n) is 1.95. The van der Waals surface area contributed by atoms with Crippen LogP contribution in [0.3, 0.4) is 0 Å². The van der Waals surface area contributed by atoms with Crippen molar-refractivity contribution in [1.82, 2.24) is 9.97 Å². The summed E-state index contributed by atoms with van der Waals surface area (Å²) < 4.78 is 17.2. The molecule has 0 saturated heterocycles. The Labute approximate surface area is 63.2 Å². The van der Waals surface area contributed by atoms with Gasteiger partial charge in [0.15, 0.2) is 17.5 Å². The fraction of sp³-hybridized carbons (Fsp3) is 0.333. The molecule has 1 aromatic rings. The van der Waals surface area contributed by atoms with E-state index in [1.54, 1.807) is 0 Å².